The van der Waals surface area contributed by atoms with Gasteiger partial charge in [0.25, 0.3) is 0 Å². The Hall–Kier alpha value is -3.34. The van der Waals surface area contributed by atoms with Gasteiger partial charge in [-0.25, -0.2) is 4.99 Å². The third-order valence-corrected chi connectivity index (χ3v) is 5.37. The molecule has 3 rings (SSSR count). The normalized spacial score (nSPS) is 22.3. The Labute approximate surface area is 190 Å². The fourth-order valence-electron chi connectivity index (χ4n) is 3.57. The fraction of sp³-hybridized carbons (Fsp3) is 0.318. The third-order valence-electron chi connectivity index (χ3n) is 5.12. The van der Waals surface area contributed by atoms with Crippen LogP contribution in [0.4, 0.5) is 5.69 Å². The van der Waals surface area contributed by atoms with E-state index in [0.29, 0.717) is 27.6 Å². The number of aliphatic hydroxyl groups excluding tert-OH is 1. The Morgan fingerprint density at radius 3 is 2.50 bits per heavy atom. The molecule has 0 aromatic heterocycles. The van der Waals surface area contributed by atoms with Gasteiger partial charge in [0.15, 0.2) is 18.1 Å². The number of hydrogen-bond donors (Lipinski definition) is 3. The quantitative estimate of drug-likeness (QED) is 0.206. The van der Waals surface area contributed by atoms with Crippen molar-refractivity contribution in [1.82, 2.24) is 5.32 Å². The molecule has 0 bridgehead atoms. The fourth-order valence-corrected chi connectivity index (χ4v) is 3.70. The zero-order valence-corrected chi connectivity index (χ0v) is 18.4. The van der Waals surface area contributed by atoms with E-state index < -0.39 is 24.0 Å². The van der Waals surface area contributed by atoms with Crippen LogP contribution in [0.5, 0.6) is 5.75 Å². The van der Waals surface area contributed by atoms with Crippen molar-refractivity contribution in [3.63, 3.8) is 0 Å². The van der Waals surface area contributed by atoms with Crippen LogP contribution in [0.15, 0.2) is 47.5 Å². The van der Waals surface area contributed by atoms with Gasteiger partial charge in [-0.3, -0.25) is 5.32 Å². The van der Waals surface area contributed by atoms with Gasteiger partial charge < -0.3 is 24.6 Å². The molecule has 2 aromatic rings. The van der Waals surface area contributed by atoms with Crippen LogP contribution in [0, 0.1) is 22.8 Å². The minimum absolute atomic E-state index is 0.0859. The molecule has 0 saturated heterocycles. The van der Waals surface area contributed by atoms with Crippen LogP contribution in [0.25, 0.3) is 0 Å². The Kier molecular flexibility index (Phi) is 7.18. The first-order valence-electron chi connectivity index (χ1n) is 9.58. The van der Waals surface area contributed by atoms with Crippen LogP contribution in [-0.2, 0) is 9.47 Å². The van der Waals surface area contributed by atoms with E-state index in [0.717, 1.165) is 0 Å². The van der Waals surface area contributed by atoms with Gasteiger partial charge in [0.1, 0.15) is 17.9 Å². The van der Waals surface area contributed by atoms with Gasteiger partial charge in [0.05, 0.1) is 11.6 Å². The second-order valence-electron chi connectivity index (χ2n) is 7.19. The van der Waals surface area contributed by atoms with Gasteiger partial charge in [-0.2, -0.15) is 10.5 Å². The number of aliphatic hydroxyl groups is 1. The summed E-state index contributed by atoms with van der Waals surface area (Å²) in [6, 6.07) is 12.8. The van der Waals surface area contributed by atoms with Crippen LogP contribution >= 0.6 is 11.6 Å². The van der Waals surface area contributed by atoms with Crippen molar-refractivity contribution in [2.24, 2.45) is 4.99 Å². The van der Waals surface area contributed by atoms with Gasteiger partial charge in [-0.05, 0) is 49.4 Å². The molecule has 1 aliphatic heterocycles. The minimum atomic E-state index is -1.34. The molecule has 0 saturated carbocycles. The van der Waals surface area contributed by atoms with E-state index in [4.69, 9.17) is 25.8 Å². The van der Waals surface area contributed by atoms with Crippen LogP contribution in [0.2, 0.25) is 5.02 Å². The molecular formula is C22H22ClN5O4. The summed E-state index contributed by atoms with van der Waals surface area (Å²) in [7, 11) is 2.87. The second-order valence-corrected chi connectivity index (χ2v) is 7.63. The Morgan fingerprint density at radius 1 is 1.22 bits per heavy atom. The Balaban J connectivity index is 2.10. The highest BCUT2D eigenvalue weighted by Crippen LogP contribution is 2.44. The number of methoxy groups -OCH3 is 2. The maximum atomic E-state index is 11.3. The summed E-state index contributed by atoms with van der Waals surface area (Å²) < 4.78 is 16.8. The zero-order chi connectivity index (χ0) is 23.3. The lowest BCUT2D eigenvalue weighted by molar-refractivity contribution is -0.237. The van der Waals surface area contributed by atoms with E-state index in [-0.39, 0.29) is 5.96 Å². The number of rotatable bonds is 5. The summed E-state index contributed by atoms with van der Waals surface area (Å²) >= 11 is 5.93. The predicted octanol–water partition coefficient (Wildman–Crippen LogP) is 2.92. The lowest BCUT2D eigenvalue weighted by atomic mass is 9.84. The molecule has 0 amide bonds. The number of nitrogens with one attached hydrogen (secondary N) is 2. The van der Waals surface area contributed by atoms with E-state index in [1.165, 1.54) is 14.2 Å². The number of ether oxygens (including phenoxy) is 3. The third kappa shape index (κ3) is 4.62. The SMILES string of the molecule is COC(OC)C1(C)Oc2ccc(C#N)cc2C(N=C(NC#N)Nc2ccc(Cl)cc2)C1O. The molecule has 1 heterocycles. The zero-order valence-electron chi connectivity index (χ0n) is 17.7. The number of guanidine groups is 1. The average molecular weight is 456 g/mol. The van der Waals surface area contributed by atoms with Gasteiger partial charge in [-0.15, -0.1) is 0 Å². The molecule has 166 valence electrons. The molecule has 10 heteroatoms. The average Bonchev–Trinajstić information content (AvgIpc) is 2.79. The molecule has 0 spiro atoms. The molecule has 3 unspecified atom stereocenters. The molecule has 2 aromatic carbocycles. The van der Waals surface area contributed by atoms with Crippen molar-refractivity contribution in [3.8, 4) is 18.0 Å². The highest BCUT2D eigenvalue weighted by molar-refractivity contribution is 6.30. The number of fused-ring (bicyclic) bond motifs is 1. The standard InChI is InChI=1S/C22H22ClN5O4/c1-22(20(30-2)31-3)19(29)18(16-10-13(11-24)4-9-17(16)32-22)28-21(26-12-25)27-15-7-5-14(23)6-8-15/h4-10,18-20,29H,1-3H3,(H2,26,27,28). The summed E-state index contributed by atoms with van der Waals surface area (Å²) in [6.07, 6.45) is -0.342. The number of halogens is 1. The van der Waals surface area contributed by atoms with E-state index in [1.54, 1.807) is 49.4 Å². The van der Waals surface area contributed by atoms with Gasteiger partial charge >= 0.3 is 0 Å². The number of aliphatic imine (C=N–C) groups is 1. The summed E-state index contributed by atoms with van der Waals surface area (Å²) in [4.78, 5) is 4.58. The van der Waals surface area contributed by atoms with E-state index in [1.807, 2.05) is 6.19 Å². The largest absolute Gasteiger partial charge is 0.479 e. The van der Waals surface area contributed by atoms with Gasteiger partial charge in [0, 0.05) is 30.5 Å². The lowest BCUT2D eigenvalue weighted by Gasteiger charge is -2.45. The number of hydrogen-bond acceptors (Lipinski definition) is 7. The number of nitriles is 2. The first-order valence-corrected chi connectivity index (χ1v) is 9.96. The lowest BCUT2D eigenvalue weighted by Crippen LogP contribution is -2.59. The van der Waals surface area contributed by atoms with Crippen molar-refractivity contribution in [3.05, 3.63) is 58.6 Å². The van der Waals surface area contributed by atoms with Crippen LogP contribution in [0.3, 0.4) is 0 Å². The molecular weight excluding hydrogens is 434 g/mol. The first kappa shape index (κ1) is 23.3. The maximum Gasteiger partial charge on any atom is 0.209 e. The summed E-state index contributed by atoms with van der Waals surface area (Å²) in [6.45, 7) is 1.64. The van der Waals surface area contributed by atoms with Crippen molar-refractivity contribution in [2.75, 3.05) is 19.5 Å². The molecule has 1 aliphatic rings. The summed E-state index contributed by atoms with van der Waals surface area (Å²) in [5.74, 6) is 0.496. The van der Waals surface area contributed by atoms with Crippen molar-refractivity contribution < 1.29 is 19.3 Å². The highest BCUT2D eigenvalue weighted by Gasteiger charge is 2.52. The number of benzene rings is 2. The molecule has 3 atom stereocenters. The van der Waals surface area contributed by atoms with Crippen LogP contribution < -0.4 is 15.4 Å². The number of nitrogens with zero attached hydrogens (tertiary/aromatic N) is 3. The Bertz CT molecular complexity index is 1080. The van der Waals surface area contributed by atoms with Gasteiger partial charge in [-0.1, -0.05) is 11.6 Å². The van der Waals surface area contributed by atoms with Crippen molar-refractivity contribution in [2.45, 2.75) is 31.0 Å². The molecule has 3 N–H and O–H groups in total. The molecule has 0 fully saturated rings. The minimum Gasteiger partial charge on any atom is -0.479 e. The molecule has 32 heavy (non-hydrogen) atoms. The van der Waals surface area contributed by atoms with E-state index in [9.17, 15) is 15.6 Å². The first-order chi connectivity index (χ1) is 15.4. The van der Waals surface area contributed by atoms with Crippen LogP contribution in [0.1, 0.15) is 24.1 Å². The highest BCUT2D eigenvalue weighted by atomic mass is 35.5. The summed E-state index contributed by atoms with van der Waals surface area (Å²) in [5.41, 5.74) is 0.142. The smallest absolute Gasteiger partial charge is 0.209 e. The molecule has 9 nitrogen and oxygen atoms in total. The predicted molar refractivity (Wildman–Crippen MR) is 118 cm³/mol. The van der Waals surface area contributed by atoms with Crippen LogP contribution in [-0.4, -0.2) is 43.3 Å². The number of anilines is 1. The topological polar surface area (TPSA) is 132 Å². The second kappa shape index (κ2) is 9.86. The van der Waals surface area contributed by atoms with Crippen molar-refractivity contribution >= 4 is 23.2 Å². The molecule has 0 aliphatic carbocycles. The van der Waals surface area contributed by atoms with E-state index in [2.05, 4.69) is 21.7 Å². The monoisotopic (exact) mass is 455 g/mol. The summed E-state index contributed by atoms with van der Waals surface area (Å²) in [5, 5.41) is 35.9. The van der Waals surface area contributed by atoms with Crippen molar-refractivity contribution in [1.29, 1.82) is 10.5 Å². The van der Waals surface area contributed by atoms with E-state index >= 15 is 0 Å². The molecule has 0 radical (unpaired) electrons. The van der Waals surface area contributed by atoms with Gasteiger partial charge in [0.2, 0.25) is 5.96 Å². The maximum absolute atomic E-state index is 11.3. The Morgan fingerprint density at radius 2 is 1.91 bits per heavy atom.